The fourth-order valence-electron chi connectivity index (χ4n) is 2.34. The second-order valence-corrected chi connectivity index (χ2v) is 5.69. The number of halogens is 1. The van der Waals surface area contributed by atoms with Crippen LogP contribution in [-0.4, -0.2) is 52.9 Å². The fraction of sp³-hybridized carbons (Fsp3) is 0.500. The summed E-state index contributed by atoms with van der Waals surface area (Å²) >= 11 is 5.98. The highest BCUT2D eigenvalue weighted by Crippen LogP contribution is 2.24. The number of amides is 1. The number of rotatable bonds is 5. The predicted octanol–water partition coefficient (Wildman–Crippen LogP) is 0.678. The van der Waals surface area contributed by atoms with E-state index in [0.717, 1.165) is 0 Å². The molecule has 1 aliphatic rings. The Morgan fingerprint density at radius 2 is 2.05 bits per heavy atom. The number of anilines is 2. The Morgan fingerprint density at radius 3 is 2.67 bits per heavy atom. The molecule has 0 aromatic heterocycles. The van der Waals surface area contributed by atoms with Crippen LogP contribution in [-0.2, 0) is 4.79 Å². The summed E-state index contributed by atoms with van der Waals surface area (Å²) in [5.41, 5.74) is 6.68. The Bertz CT molecular complexity index is 502. The monoisotopic (exact) mass is 313 g/mol. The maximum Gasteiger partial charge on any atom is 0.224 e. The van der Waals surface area contributed by atoms with Crippen LogP contribution in [0, 0.1) is 0 Å². The minimum absolute atomic E-state index is 0.123. The van der Waals surface area contributed by atoms with E-state index in [1.807, 2.05) is 4.90 Å². The molecule has 1 saturated heterocycles. The van der Waals surface area contributed by atoms with Crippen LogP contribution in [0.3, 0.4) is 0 Å². The summed E-state index contributed by atoms with van der Waals surface area (Å²) in [5.74, 6) is -0.123. The van der Waals surface area contributed by atoms with E-state index >= 15 is 0 Å². The quantitative estimate of drug-likeness (QED) is 0.599. The molecule has 0 aliphatic carbocycles. The van der Waals surface area contributed by atoms with Crippen molar-refractivity contribution in [2.75, 3.05) is 30.7 Å². The molecule has 1 fully saturated rings. The maximum atomic E-state index is 11.8. The maximum absolute atomic E-state index is 11.8. The first-order chi connectivity index (χ1) is 9.95. The molecule has 2 unspecified atom stereocenters. The Balaban J connectivity index is 1.73. The average molecular weight is 314 g/mol. The van der Waals surface area contributed by atoms with Crippen molar-refractivity contribution < 1.29 is 15.0 Å². The molecule has 2 atom stereocenters. The van der Waals surface area contributed by atoms with Crippen molar-refractivity contribution in [3.63, 3.8) is 0 Å². The third-order valence-corrected chi connectivity index (χ3v) is 3.79. The summed E-state index contributed by atoms with van der Waals surface area (Å²) in [7, 11) is 0. The van der Waals surface area contributed by atoms with Crippen LogP contribution in [0.25, 0.3) is 0 Å². The number of β-amino-alcohol motifs (C(OH)–C–C–N with tert-alkyl or cyclic N) is 2. The third kappa shape index (κ3) is 4.57. The number of nitrogen functional groups attached to an aromatic ring is 1. The van der Waals surface area contributed by atoms with Gasteiger partial charge in [-0.1, -0.05) is 11.6 Å². The van der Waals surface area contributed by atoms with Crippen LogP contribution in [0.1, 0.15) is 12.8 Å². The summed E-state index contributed by atoms with van der Waals surface area (Å²) in [6.45, 7) is 1.57. The number of likely N-dealkylation sites (tertiary alicyclic amines) is 1. The molecular weight excluding hydrogens is 294 g/mol. The Morgan fingerprint density at radius 1 is 1.38 bits per heavy atom. The molecule has 1 amide bonds. The smallest absolute Gasteiger partial charge is 0.224 e. The molecule has 0 saturated carbocycles. The molecular formula is C14H20ClN3O3. The molecule has 21 heavy (non-hydrogen) atoms. The average Bonchev–Trinajstić information content (AvgIpc) is 2.72. The van der Waals surface area contributed by atoms with E-state index in [2.05, 4.69) is 5.32 Å². The zero-order chi connectivity index (χ0) is 15.4. The summed E-state index contributed by atoms with van der Waals surface area (Å²) in [6, 6.07) is 4.93. The Labute approximate surface area is 128 Å². The van der Waals surface area contributed by atoms with Gasteiger partial charge in [-0.2, -0.15) is 0 Å². The van der Waals surface area contributed by atoms with Gasteiger partial charge in [0.2, 0.25) is 5.91 Å². The largest absolute Gasteiger partial charge is 0.399 e. The van der Waals surface area contributed by atoms with Gasteiger partial charge in [-0.05, 0) is 31.2 Å². The number of aliphatic hydroxyl groups is 2. The van der Waals surface area contributed by atoms with Crippen LogP contribution in [0.15, 0.2) is 18.2 Å². The summed E-state index contributed by atoms with van der Waals surface area (Å²) < 4.78 is 0. The normalized spacial score (nSPS) is 22.4. The Hall–Kier alpha value is -1.34. The van der Waals surface area contributed by atoms with Gasteiger partial charge in [-0.15, -0.1) is 0 Å². The number of nitrogens with two attached hydrogens (primary N) is 1. The minimum Gasteiger partial charge on any atom is -0.399 e. The van der Waals surface area contributed by atoms with Gasteiger partial charge in [0.05, 0.1) is 22.9 Å². The number of hydrogen-bond donors (Lipinski definition) is 4. The van der Waals surface area contributed by atoms with E-state index in [4.69, 9.17) is 17.3 Å². The fourth-order valence-corrected chi connectivity index (χ4v) is 2.57. The summed E-state index contributed by atoms with van der Waals surface area (Å²) in [5, 5.41) is 22.0. The molecule has 116 valence electrons. The lowest BCUT2D eigenvalue weighted by Gasteiger charge is -2.14. The van der Waals surface area contributed by atoms with E-state index < -0.39 is 12.2 Å². The molecule has 7 heteroatoms. The third-order valence-electron chi connectivity index (χ3n) is 3.48. The molecule has 5 N–H and O–H groups in total. The van der Waals surface area contributed by atoms with Crippen molar-refractivity contribution in [3.05, 3.63) is 23.2 Å². The summed E-state index contributed by atoms with van der Waals surface area (Å²) in [4.78, 5) is 13.8. The van der Waals surface area contributed by atoms with Gasteiger partial charge in [0.25, 0.3) is 0 Å². The molecule has 0 bridgehead atoms. The highest BCUT2D eigenvalue weighted by molar-refractivity contribution is 6.34. The topological polar surface area (TPSA) is 98.8 Å². The number of nitrogens with zero attached hydrogens (tertiary/aromatic N) is 1. The molecule has 1 aliphatic heterocycles. The standard InChI is InChI=1S/C14H20ClN3O3/c15-10-6-9(16)3-4-11(10)17-14(21)2-1-5-18-7-12(19)13(20)8-18/h3-4,6,12-13,19-20H,1-2,5,7-8,16H2,(H,17,21). The second kappa shape index (κ2) is 7.09. The van der Waals surface area contributed by atoms with E-state index in [-0.39, 0.29) is 5.91 Å². The molecule has 2 rings (SSSR count). The number of nitrogens with one attached hydrogen (secondary N) is 1. The van der Waals surface area contributed by atoms with E-state index in [0.29, 0.717) is 48.9 Å². The number of carbonyl (C=O) groups is 1. The molecule has 1 aromatic carbocycles. The first-order valence-electron chi connectivity index (χ1n) is 6.89. The van der Waals surface area contributed by atoms with Crippen LogP contribution in [0.5, 0.6) is 0 Å². The molecule has 0 spiro atoms. The highest BCUT2D eigenvalue weighted by Gasteiger charge is 2.28. The number of carbonyl (C=O) groups excluding carboxylic acids is 1. The van der Waals surface area contributed by atoms with Gasteiger partial charge in [-0.25, -0.2) is 0 Å². The van der Waals surface area contributed by atoms with Gasteiger partial charge in [0, 0.05) is 25.2 Å². The number of hydrogen-bond acceptors (Lipinski definition) is 5. The van der Waals surface area contributed by atoms with Crippen LogP contribution >= 0.6 is 11.6 Å². The molecule has 6 nitrogen and oxygen atoms in total. The van der Waals surface area contributed by atoms with Crippen molar-refractivity contribution in [3.8, 4) is 0 Å². The van der Waals surface area contributed by atoms with Crippen molar-refractivity contribution in [1.82, 2.24) is 4.90 Å². The van der Waals surface area contributed by atoms with Gasteiger partial charge in [-0.3, -0.25) is 9.69 Å². The lowest BCUT2D eigenvalue weighted by atomic mass is 10.2. The second-order valence-electron chi connectivity index (χ2n) is 5.29. The van der Waals surface area contributed by atoms with E-state index in [1.54, 1.807) is 18.2 Å². The molecule has 0 radical (unpaired) electrons. The van der Waals surface area contributed by atoms with Gasteiger partial charge in [0.15, 0.2) is 0 Å². The SMILES string of the molecule is Nc1ccc(NC(=O)CCCN2CC(O)C(O)C2)c(Cl)c1. The number of benzene rings is 1. The minimum atomic E-state index is -0.688. The Kier molecular flexibility index (Phi) is 5.41. The first-order valence-corrected chi connectivity index (χ1v) is 7.27. The molecule has 1 heterocycles. The van der Waals surface area contributed by atoms with Crippen molar-refractivity contribution in [2.45, 2.75) is 25.0 Å². The van der Waals surface area contributed by atoms with Crippen LogP contribution in [0.4, 0.5) is 11.4 Å². The predicted molar refractivity (Wildman–Crippen MR) is 82.2 cm³/mol. The van der Waals surface area contributed by atoms with Crippen LogP contribution in [0.2, 0.25) is 5.02 Å². The van der Waals surface area contributed by atoms with Crippen molar-refractivity contribution in [1.29, 1.82) is 0 Å². The van der Waals surface area contributed by atoms with Gasteiger partial charge in [0.1, 0.15) is 0 Å². The zero-order valence-electron chi connectivity index (χ0n) is 11.6. The first kappa shape index (κ1) is 16.0. The molecule has 1 aromatic rings. The highest BCUT2D eigenvalue weighted by atomic mass is 35.5. The number of aliphatic hydroxyl groups excluding tert-OH is 2. The van der Waals surface area contributed by atoms with Crippen molar-refractivity contribution in [2.24, 2.45) is 0 Å². The lowest BCUT2D eigenvalue weighted by Crippen LogP contribution is -2.24. The van der Waals surface area contributed by atoms with Crippen molar-refractivity contribution >= 4 is 28.9 Å². The summed E-state index contributed by atoms with van der Waals surface area (Å²) in [6.07, 6.45) is -0.374. The lowest BCUT2D eigenvalue weighted by molar-refractivity contribution is -0.116. The van der Waals surface area contributed by atoms with Crippen LogP contribution < -0.4 is 11.1 Å². The van der Waals surface area contributed by atoms with Gasteiger partial charge >= 0.3 is 0 Å². The van der Waals surface area contributed by atoms with E-state index in [1.165, 1.54) is 0 Å². The van der Waals surface area contributed by atoms with Gasteiger partial charge < -0.3 is 21.3 Å². The van der Waals surface area contributed by atoms with E-state index in [9.17, 15) is 15.0 Å². The zero-order valence-corrected chi connectivity index (χ0v) is 12.4.